The van der Waals surface area contributed by atoms with Gasteiger partial charge in [-0.05, 0) is 35.2 Å². The molecule has 0 bridgehead atoms. The molecule has 3 rings (SSSR count). The molecule has 0 aliphatic carbocycles. The Labute approximate surface area is 167 Å². The molecule has 0 saturated carbocycles. The topological polar surface area (TPSA) is 35.6 Å². The first-order valence-corrected chi connectivity index (χ1v) is 9.97. The van der Waals surface area contributed by atoms with Crippen molar-refractivity contribution in [3.63, 3.8) is 0 Å². The van der Waals surface area contributed by atoms with Crippen LogP contribution in [-0.4, -0.2) is 48.4 Å². The zero-order valence-electron chi connectivity index (χ0n) is 16.1. The lowest BCUT2D eigenvalue weighted by Gasteiger charge is -2.34. The monoisotopic (exact) mass is 385 g/mol. The third-order valence-electron chi connectivity index (χ3n) is 5.05. The number of amides is 1. The van der Waals surface area contributed by atoms with E-state index < -0.39 is 0 Å². The summed E-state index contributed by atoms with van der Waals surface area (Å²) in [5, 5.41) is 3.82. The van der Waals surface area contributed by atoms with E-state index in [-0.39, 0.29) is 5.91 Å². The van der Waals surface area contributed by atoms with Crippen LogP contribution in [0.4, 0.5) is 5.69 Å². The van der Waals surface area contributed by atoms with Crippen molar-refractivity contribution in [3.05, 3.63) is 64.7 Å². The summed E-state index contributed by atoms with van der Waals surface area (Å²) in [6.45, 7) is 9.31. The van der Waals surface area contributed by atoms with E-state index in [1.165, 1.54) is 5.56 Å². The van der Waals surface area contributed by atoms with E-state index in [0.717, 1.165) is 49.0 Å². The van der Waals surface area contributed by atoms with Crippen molar-refractivity contribution in [2.24, 2.45) is 0 Å². The number of nitrogens with one attached hydrogen (secondary N) is 1. The van der Waals surface area contributed by atoms with Gasteiger partial charge in [0.05, 0.1) is 6.54 Å². The van der Waals surface area contributed by atoms with Crippen LogP contribution in [0.2, 0.25) is 5.02 Å². The van der Waals surface area contributed by atoms with Gasteiger partial charge >= 0.3 is 0 Å². The number of anilines is 1. The van der Waals surface area contributed by atoms with Crippen LogP contribution >= 0.6 is 11.6 Å². The average molecular weight is 386 g/mol. The lowest BCUT2D eigenvalue weighted by Crippen LogP contribution is -2.48. The number of piperazine rings is 1. The maximum absolute atomic E-state index is 12.3. The summed E-state index contributed by atoms with van der Waals surface area (Å²) in [7, 11) is 0. The number of carbonyl (C=O) groups is 1. The molecule has 1 saturated heterocycles. The van der Waals surface area contributed by atoms with Crippen molar-refractivity contribution in [2.75, 3.05) is 38.0 Å². The van der Waals surface area contributed by atoms with Crippen molar-refractivity contribution in [3.8, 4) is 0 Å². The molecule has 0 unspecified atom stereocenters. The maximum atomic E-state index is 12.3. The smallest absolute Gasteiger partial charge is 0.238 e. The Hall–Kier alpha value is -1.88. The molecule has 0 radical (unpaired) electrons. The van der Waals surface area contributed by atoms with Crippen LogP contribution in [0.15, 0.2) is 48.5 Å². The molecular weight excluding hydrogens is 358 g/mol. The minimum Gasteiger partial charge on any atom is -0.325 e. The summed E-state index contributed by atoms with van der Waals surface area (Å²) >= 11 is 6.25. The van der Waals surface area contributed by atoms with Gasteiger partial charge in [-0.15, -0.1) is 0 Å². The third kappa shape index (κ3) is 5.80. The van der Waals surface area contributed by atoms with Gasteiger partial charge in [0, 0.05) is 43.4 Å². The predicted octanol–water partition coefficient (Wildman–Crippen LogP) is 4.22. The highest BCUT2D eigenvalue weighted by molar-refractivity contribution is 6.31. The summed E-state index contributed by atoms with van der Waals surface area (Å²) in [5.74, 6) is 0.545. The summed E-state index contributed by atoms with van der Waals surface area (Å²) in [6, 6.07) is 16.1. The fraction of sp³-hybridized carbons (Fsp3) is 0.409. The normalized spacial score (nSPS) is 15.9. The average Bonchev–Trinajstić information content (AvgIpc) is 2.65. The van der Waals surface area contributed by atoms with Crippen LogP contribution in [0.5, 0.6) is 0 Å². The van der Waals surface area contributed by atoms with Gasteiger partial charge in [0.25, 0.3) is 0 Å². The second kappa shape index (κ2) is 9.36. The SMILES string of the molecule is CC(C)c1ccc(NC(=O)CN2CCN(Cc3ccccc3Cl)CC2)cc1. The number of carbonyl (C=O) groups excluding carboxylic acids is 1. The van der Waals surface area contributed by atoms with Gasteiger partial charge < -0.3 is 5.32 Å². The highest BCUT2D eigenvalue weighted by Gasteiger charge is 2.19. The summed E-state index contributed by atoms with van der Waals surface area (Å²) in [5.41, 5.74) is 3.31. The van der Waals surface area contributed by atoms with Crippen molar-refractivity contribution >= 4 is 23.2 Å². The van der Waals surface area contributed by atoms with Gasteiger partial charge in [-0.3, -0.25) is 14.6 Å². The molecule has 1 amide bonds. The number of hydrogen-bond acceptors (Lipinski definition) is 3. The zero-order valence-corrected chi connectivity index (χ0v) is 16.9. The molecule has 144 valence electrons. The highest BCUT2D eigenvalue weighted by Crippen LogP contribution is 2.19. The highest BCUT2D eigenvalue weighted by atomic mass is 35.5. The van der Waals surface area contributed by atoms with Crippen LogP contribution < -0.4 is 5.32 Å². The van der Waals surface area contributed by atoms with Crippen LogP contribution in [-0.2, 0) is 11.3 Å². The Balaban J connectivity index is 1.43. The van der Waals surface area contributed by atoms with Gasteiger partial charge in [-0.2, -0.15) is 0 Å². The van der Waals surface area contributed by atoms with E-state index in [9.17, 15) is 4.79 Å². The molecule has 1 fully saturated rings. The Morgan fingerprint density at radius 2 is 1.63 bits per heavy atom. The van der Waals surface area contributed by atoms with Crippen LogP contribution in [0.1, 0.15) is 30.9 Å². The molecule has 0 spiro atoms. The Morgan fingerprint density at radius 3 is 2.26 bits per heavy atom. The Morgan fingerprint density at radius 1 is 1.00 bits per heavy atom. The predicted molar refractivity (Wildman–Crippen MR) is 112 cm³/mol. The van der Waals surface area contributed by atoms with Crippen molar-refractivity contribution in [1.29, 1.82) is 0 Å². The van der Waals surface area contributed by atoms with Gasteiger partial charge in [-0.1, -0.05) is 55.8 Å². The standard InChI is InChI=1S/C22H28ClN3O/c1-17(2)18-7-9-20(10-8-18)24-22(27)16-26-13-11-25(12-14-26)15-19-5-3-4-6-21(19)23/h3-10,17H,11-16H2,1-2H3,(H,24,27). The quantitative estimate of drug-likeness (QED) is 0.808. The van der Waals surface area contributed by atoms with Gasteiger partial charge in [0.2, 0.25) is 5.91 Å². The van der Waals surface area contributed by atoms with E-state index in [1.54, 1.807) is 0 Å². The van der Waals surface area contributed by atoms with Gasteiger partial charge in [0.15, 0.2) is 0 Å². The first kappa shape index (κ1) is 19.9. The summed E-state index contributed by atoms with van der Waals surface area (Å²) in [6.07, 6.45) is 0. The summed E-state index contributed by atoms with van der Waals surface area (Å²) < 4.78 is 0. The van der Waals surface area contributed by atoms with E-state index in [2.05, 4.69) is 47.2 Å². The Bertz CT molecular complexity index is 752. The van der Waals surface area contributed by atoms with Crippen LogP contribution in [0.25, 0.3) is 0 Å². The van der Waals surface area contributed by atoms with E-state index >= 15 is 0 Å². The molecule has 2 aromatic rings. The molecule has 2 aromatic carbocycles. The molecule has 1 aliphatic rings. The first-order chi connectivity index (χ1) is 13.0. The third-order valence-corrected chi connectivity index (χ3v) is 5.41. The van der Waals surface area contributed by atoms with Gasteiger partial charge in [-0.25, -0.2) is 0 Å². The van der Waals surface area contributed by atoms with E-state index in [4.69, 9.17) is 11.6 Å². The maximum Gasteiger partial charge on any atom is 0.238 e. The fourth-order valence-electron chi connectivity index (χ4n) is 3.33. The molecular formula is C22H28ClN3O. The molecule has 4 nitrogen and oxygen atoms in total. The Kier molecular flexibility index (Phi) is 6.89. The number of nitrogens with zero attached hydrogens (tertiary/aromatic N) is 2. The van der Waals surface area contributed by atoms with Gasteiger partial charge in [0.1, 0.15) is 0 Å². The molecule has 27 heavy (non-hydrogen) atoms. The van der Waals surface area contributed by atoms with Crippen LogP contribution in [0, 0.1) is 0 Å². The second-order valence-electron chi connectivity index (χ2n) is 7.47. The lowest BCUT2D eigenvalue weighted by molar-refractivity contribution is -0.117. The molecule has 1 N–H and O–H groups in total. The number of hydrogen-bond donors (Lipinski definition) is 1. The summed E-state index contributed by atoms with van der Waals surface area (Å²) in [4.78, 5) is 16.9. The number of rotatable bonds is 6. The van der Waals surface area contributed by atoms with E-state index in [1.807, 2.05) is 30.3 Å². The van der Waals surface area contributed by atoms with Crippen molar-refractivity contribution < 1.29 is 4.79 Å². The molecule has 0 atom stereocenters. The number of benzene rings is 2. The molecule has 5 heteroatoms. The largest absolute Gasteiger partial charge is 0.325 e. The number of halogens is 1. The lowest BCUT2D eigenvalue weighted by atomic mass is 10.0. The zero-order chi connectivity index (χ0) is 19.2. The minimum absolute atomic E-state index is 0.0480. The molecule has 0 aromatic heterocycles. The van der Waals surface area contributed by atoms with Crippen LogP contribution in [0.3, 0.4) is 0 Å². The second-order valence-corrected chi connectivity index (χ2v) is 7.88. The minimum atomic E-state index is 0.0480. The fourth-order valence-corrected chi connectivity index (χ4v) is 3.52. The van der Waals surface area contributed by atoms with E-state index in [0.29, 0.717) is 12.5 Å². The van der Waals surface area contributed by atoms with Crippen molar-refractivity contribution in [1.82, 2.24) is 9.80 Å². The molecule has 1 aliphatic heterocycles. The molecule has 1 heterocycles. The van der Waals surface area contributed by atoms with Crippen molar-refractivity contribution in [2.45, 2.75) is 26.3 Å². The first-order valence-electron chi connectivity index (χ1n) is 9.59.